The number of para-hydroxylation sites is 1. The van der Waals surface area contributed by atoms with Crippen LogP contribution in [0.25, 0.3) is 0 Å². The minimum Gasteiger partial charge on any atom is -0.497 e. The number of carbonyl (C=O) groups is 2. The number of methoxy groups -OCH3 is 1. The summed E-state index contributed by atoms with van der Waals surface area (Å²) in [5.41, 5.74) is 4.21. The Bertz CT molecular complexity index is 1010. The average Bonchev–Trinajstić information content (AvgIpc) is 3.10. The predicted molar refractivity (Wildman–Crippen MR) is 113 cm³/mol. The molecule has 0 aromatic heterocycles. The Kier molecular flexibility index (Phi) is 4.34. The molecule has 30 heavy (non-hydrogen) atoms. The highest BCUT2D eigenvalue weighted by molar-refractivity contribution is 6.07. The van der Waals surface area contributed by atoms with E-state index in [0.717, 1.165) is 34.7 Å². The molecule has 5 rings (SSSR count). The van der Waals surface area contributed by atoms with Gasteiger partial charge in [-0.2, -0.15) is 0 Å². The maximum absolute atomic E-state index is 13.4. The van der Waals surface area contributed by atoms with Crippen LogP contribution in [-0.2, 0) is 11.3 Å². The number of amides is 2. The highest BCUT2D eigenvalue weighted by atomic mass is 16.5. The highest BCUT2D eigenvalue weighted by Gasteiger charge is 2.50. The average molecular weight is 407 g/mol. The zero-order valence-corrected chi connectivity index (χ0v) is 17.1. The zero-order valence-electron chi connectivity index (χ0n) is 17.1. The van der Waals surface area contributed by atoms with E-state index in [9.17, 15) is 14.7 Å². The molecule has 3 aliphatic heterocycles. The number of likely N-dealkylation sites (tertiary alicyclic amines) is 1. The molecule has 2 amide bonds. The first kappa shape index (κ1) is 18.8. The van der Waals surface area contributed by atoms with Crippen molar-refractivity contribution in [3.63, 3.8) is 0 Å². The summed E-state index contributed by atoms with van der Waals surface area (Å²) in [6, 6.07) is 13.8. The summed E-state index contributed by atoms with van der Waals surface area (Å²) in [7, 11) is 1.64. The molecule has 156 valence electrons. The van der Waals surface area contributed by atoms with Gasteiger partial charge in [-0.3, -0.25) is 4.79 Å². The lowest BCUT2D eigenvalue weighted by molar-refractivity contribution is -0.120. The van der Waals surface area contributed by atoms with Crippen LogP contribution in [0.3, 0.4) is 0 Å². The van der Waals surface area contributed by atoms with Gasteiger partial charge in [0.05, 0.1) is 25.0 Å². The van der Waals surface area contributed by atoms with Crippen LogP contribution < -0.4 is 14.5 Å². The van der Waals surface area contributed by atoms with Crippen LogP contribution in [0.5, 0.6) is 5.75 Å². The van der Waals surface area contributed by atoms with E-state index < -0.39 is 6.09 Å². The number of benzene rings is 2. The van der Waals surface area contributed by atoms with E-state index in [4.69, 9.17) is 4.74 Å². The molecular weight excluding hydrogens is 382 g/mol. The quantitative estimate of drug-likeness (QED) is 0.845. The summed E-state index contributed by atoms with van der Waals surface area (Å²) < 4.78 is 5.24. The van der Waals surface area contributed by atoms with Gasteiger partial charge in [-0.1, -0.05) is 24.3 Å². The summed E-state index contributed by atoms with van der Waals surface area (Å²) in [4.78, 5) is 30.6. The fourth-order valence-electron chi connectivity index (χ4n) is 5.29. The molecule has 0 spiro atoms. The van der Waals surface area contributed by atoms with E-state index in [1.807, 2.05) is 48.2 Å². The first-order chi connectivity index (χ1) is 14.5. The molecule has 1 saturated heterocycles. The Hall–Kier alpha value is -3.22. The molecule has 7 nitrogen and oxygen atoms in total. The van der Waals surface area contributed by atoms with Crippen LogP contribution in [0, 0.1) is 0 Å². The van der Waals surface area contributed by atoms with Crippen LogP contribution in [0.15, 0.2) is 42.5 Å². The molecule has 3 atom stereocenters. The predicted octanol–water partition coefficient (Wildman–Crippen LogP) is 3.29. The molecule has 1 N–H and O–H groups in total. The van der Waals surface area contributed by atoms with Crippen molar-refractivity contribution in [1.82, 2.24) is 4.90 Å². The van der Waals surface area contributed by atoms with Crippen LogP contribution in [0.1, 0.15) is 30.4 Å². The van der Waals surface area contributed by atoms with Crippen LogP contribution in [0.2, 0.25) is 0 Å². The smallest absolute Gasteiger partial charge is 0.407 e. The highest BCUT2D eigenvalue weighted by Crippen LogP contribution is 2.52. The van der Waals surface area contributed by atoms with Crippen molar-refractivity contribution in [1.29, 1.82) is 0 Å². The van der Waals surface area contributed by atoms with Crippen molar-refractivity contribution in [3.8, 4) is 5.75 Å². The van der Waals surface area contributed by atoms with Crippen LogP contribution in [-0.4, -0.2) is 54.3 Å². The Morgan fingerprint density at radius 1 is 1.20 bits per heavy atom. The number of piperidine rings is 1. The van der Waals surface area contributed by atoms with Gasteiger partial charge >= 0.3 is 6.09 Å². The lowest BCUT2D eigenvalue weighted by atomic mass is 9.89. The number of rotatable bonds is 3. The maximum Gasteiger partial charge on any atom is 0.407 e. The molecule has 0 radical (unpaired) electrons. The van der Waals surface area contributed by atoms with Crippen molar-refractivity contribution < 1.29 is 19.4 Å². The van der Waals surface area contributed by atoms with Crippen molar-refractivity contribution in [2.24, 2.45) is 0 Å². The fourth-order valence-corrected chi connectivity index (χ4v) is 5.29. The van der Waals surface area contributed by atoms with Gasteiger partial charge in [-0.05, 0) is 42.7 Å². The molecule has 7 heteroatoms. The molecule has 3 heterocycles. The standard InChI is InChI=1S/C23H25N3O4/c1-14-22(27)25(12-15-6-8-16(30-2)9-7-15)20-5-3-4-17-18-13-24(23(28)29)11-10-19(18)26(14)21(17)20/h3-9,14,18-19H,10-13H2,1-2H3,(H,28,29)/t14?,18-,19-/m0/s1. The molecule has 1 unspecified atom stereocenters. The topological polar surface area (TPSA) is 73.3 Å². The molecule has 1 fully saturated rings. The first-order valence-corrected chi connectivity index (χ1v) is 10.3. The van der Waals surface area contributed by atoms with E-state index in [0.29, 0.717) is 19.6 Å². The normalized spacial score (nSPS) is 24.5. The van der Waals surface area contributed by atoms with Gasteiger partial charge in [-0.15, -0.1) is 0 Å². The van der Waals surface area contributed by atoms with E-state index >= 15 is 0 Å². The Balaban J connectivity index is 1.53. The SMILES string of the molecule is COc1ccc(CN2C(=O)C(C)N3c4c(cccc42)[C@@H]2CN(C(=O)O)CC[C@@H]23)cc1. The number of hydrogen-bond acceptors (Lipinski definition) is 4. The van der Waals surface area contributed by atoms with Gasteiger partial charge in [0.1, 0.15) is 11.8 Å². The summed E-state index contributed by atoms with van der Waals surface area (Å²) in [5, 5.41) is 9.47. The Labute approximate surface area is 175 Å². The zero-order chi connectivity index (χ0) is 21.0. The van der Waals surface area contributed by atoms with E-state index in [-0.39, 0.29) is 23.9 Å². The van der Waals surface area contributed by atoms with Crippen LogP contribution in [0.4, 0.5) is 16.2 Å². The third kappa shape index (κ3) is 2.72. The van der Waals surface area contributed by atoms with Crippen molar-refractivity contribution in [2.45, 2.75) is 37.9 Å². The second kappa shape index (κ2) is 6.93. The summed E-state index contributed by atoms with van der Waals surface area (Å²) >= 11 is 0. The second-order valence-electron chi connectivity index (χ2n) is 8.26. The summed E-state index contributed by atoms with van der Waals surface area (Å²) in [5.74, 6) is 0.966. The number of hydrogen-bond donors (Lipinski definition) is 1. The van der Waals surface area contributed by atoms with Gasteiger partial charge in [0, 0.05) is 25.0 Å². The fraction of sp³-hybridized carbons (Fsp3) is 0.391. The van der Waals surface area contributed by atoms with Gasteiger partial charge in [0.15, 0.2) is 0 Å². The first-order valence-electron chi connectivity index (χ1n) is 10.3. The third-order valence-corrected chi connectivity index (χ3v) is 6.74. The number of carbonyl (C=O) groups excluding carboxylic acids is 1. The van der Waals surface area contributed by atoms with E-state index in [1.165, 1.54) is 4.90 Å². The second-order valence-corrected chi connectivity index (χ2v) is 8.26. The van der Waals surface area contributed by atoms with E-state index in [1.54, 1.807) is 7.11 Å². The maximum atomic E-state index is 13.4. The molecule has 2 aromatic carbocycles. The van der Waals surface area contributed by atoms with Crippen molar-refractivity contribution in [2.75, 3.05) is 30.0 Å². The molecule has 0 aliphatic carbocycles. The molecule has 2 aromatic rings. The Morgan fingerprint density at radius 3 is 2.67 bits per heavy atom. The van der Waals surface area contributed by atoms with Gasteiger partial charge in [-0.25, -0.2) is 4.79 Å². The number of fused-ring (bicyclic) bond motifs is 3. The summed E-state index contributed by atoms with van der Waals surface area (Å²) in [6.07, 6.45) is -0.133. The third-order valence-electron chi connectivity index (χ3n) is 6.74. The number of carboxylic acid groups (broad SMARTS) is 1. The number of nitrogens with zero attached hydrogens (tertiary/aromatic N) is 3. The Morgan fingerprint density at radius 2 is 1.97 bits per heavy atom. The lowest BCUT2D eigenvalue weighted by Crippen LogP contribution is -2.56. The van der Waals surface area contributed by atoms with Gasteiger partial charge < -0.3 is 24.5 Å². The molecule has 0 saturated carbocycles. The van der Waals surface area contributed by atoms with Gasteiger partial charge in [0.25, 0.3) is 0 Å². The van der Waals surface area contributed by atoms with Crippen molar-refractivity contribution >= 4 is 23.4 Å². The molecule has 3 aliphatic rings. The largest absolute Gasteiger partial charge is 0.497 e. The minimum absolute atomic E-state index is 0.0804. The van der Waals surface area contributed by atoms with Gasteiger partial charge in [0.2, 0.25) is 5.91 Å². The number of ether oxygens (including phenoxy) is 1. The number of anilines is 2. The molecular formula is C23H25N3O4. The van der Waals surface area contributed by atoms with Crippen LogP contribution >= 0.6 is 0 Å². The summed E-state index contributed by atoms with van der Waals surface area (Å²) in [6.45, 7) is 3.45. The molecule has 0 bridgehead atoms. The van der Waals surface area contributed by atoms with E-state index in [2.05, 4.69) is 11.0 Å². The minimum atomic E-state index is -0.871. The lowest BCUT2D eigenvalue weighted by Gasteiger charge is -2.44. The van der Waals surface area contributed by atoms with Crippen molar-refractivity contribution in [3.05, 3.63) is 53.6 Å². The monoisotopic (exact) mass is 407 g/mol.